The maximum absolute atomic E-state index is 13.1. The van der Waals surface area contributed by atoms with Gasteiger partial charge in [0.25, 0.3) is 0 Å². The number of nitrogens with zero attached hydrogens (tertiary/aromatic N) is 1. The Morgan fingerprint density at radius 1 is 1.23 bits per heavy atom. The molecule has 7 heteroatoms. The van der Waals surface area contributed by atoms with Crippen molar-refractivity contribution in [2.24, 2.45) is 5.92 Å². The third-order valence-electron chi connectivity index (χ3n) is 4.65. The SMILES string of the molecule is O=C1OCCN1C(=O)[C@@H]1[C@@H](O)c2ccccc2S[C@H]1c1cccc(Cl)c1. The molecule has 1 N–H and O–H groups in total. The molecule has 0 unspecified atom stereocenters. The van der Waals surface area contributed by atoms with Crippen molar-refractivity contribution < 1.29 is 19.4 Å². The first kappa shape index (κ1) is 17.4. The van der Waals surface area contributed by atoms with E-state index in [2.05, 4.69) is 0 Å². The summed E-state index contributed by atoms with van der Waals surface area (Å²) in [4.78, 5) is 27.0. The van der Waals surface area contributed by atoms with Crippen LogP contribution in [-0.2, 0) is 9.53 Å². The smallest absolute Gasteiger partial charge is 0.416 e. The number of cyclic esters (lactones) is 1. The van der Waals surface area contributed by atoms with Crippen LogP contribution in [-0.4, -0.2) is 35.2 Å². The molecule has 0 spiro atoms. The third kappa shape index (κ3) is 2.98. The number of amides is 2. The van der Waals surface area contributed by atoms with Crippen molar-refractivity contribution in [1.82, 2.24) is 4.90 Å². The van der Waals surface area contributed by atoms with Crippen molar-refractivity contribution in [2.45, 2.75) is 16.2 Å². The number of ether oxygens (including phenoxy) is 1. The Bertz CT molecular complexity index is 874. The van der Waals surface area contributed by atoms with Gasteiger partial charge in [-0.1, -0.05) is 41.9 Å². The van der Waals surface area contributed by atoms with Crippen LogP contribution in [0.15, 0.2) is 53.4 Å². The average Bonchev–Trinajstić information content (AvgIpc) is 3.07. The minimum absolute atomic E-state index is 0.180. The molecule has 2 heterocycles. The fourth-order valence-corrected chi connectivity index (χ4v) is 5.05. The molecule has 0 saturated carbocycles. The molecule has 0 radical (unpaired) electrons. The predicted octanol–water partition coefficient (Wildman–Crippen LogP) is 3.82. The van der Waals surface area contributed by atoms with E-state index in [0.717, 1.165) is 15.4 Å². The Morgan fingerprint density at radius 3 is 2.77 bits per heavy atom. The molecule has 2 aliphatic rings. The highest BCUT2D eigenvalue weighted by Crippen LogP contribution is 2.53. The van der Waals surface area contributed by atoms with Crippen LogP contribution in [0.3, 0.4) is 0 Å². The molecule has 0 bridgehead atoms. The first-order valence-electron chi connectivity index (χ1n) is 8.23. The van der Waals surface area contributed by atoms with Crippen LogP contribution in [0.25, 0.3) is 0 Å². The fraction of sp³-hybridized carbons (Fsp3) is 0.263. The van der Waals surface area contributed by atoms with E-state index in [9.17, 15) is 14.7 Å². The van der Waals surface area contributed by atoms with Crippen LogP contribution in [0.5, 0.6) is 0 Å². The zero-order chi connectivity index (χ0) is 18.3. The molecule has 5 nitrogen and oxygen atoms in total. The van der Waals surface area contributed by atoms with Crippen molar-refractivity contribution in [3.05, 3.63) is 64.7 Å². The molecule has 3 atom stereocenters. The number of fused-ring (bicyclic) bond motifs is 1. The molecule has 1 fully saturated rings. The first-order chi connectivity index (χ1) is 12.6. The van der Waals surface area contributed by atoms with Gasteiger partial charge in [-0.05, 0) is 29.3 Å². The van der Waals surface area contributed by atoms with Crippen LogP contribution in [0.2, 0.25) is 5.02 Å². The first-order valence-corrected chi connectivity index (χ1v) is 9.49. The van der Waals surface area contributed by atoms with E-state index in [0.29, 0.717) is 10.6 Å². The van der Waals surface area contributed by atoms with Gasteiger partial charge in [-0.15, -0.1) is 11.8 Å². The summed E-state index contributed by atoms with van der Waals surface area (Å²) in [6.45, 7) is 0.383. The zero-order valence-electron chi connectivity index (χ0n) is 13.7. The van der Waals surface area contributed by atoms with Gasteiger partial charge < -0.3 is 9.84 Å². The number of aliphatic hydroxyl groups is 1. The van der Waals surface area contributed by atoms with Gasteiger partial charge in [-0.2, -0.15) is 0 Å². The van der Waals surface area contributed by atoms with Crippen molar-refractivity contribution in [3.8, 4) is 0 Å². The summed E-state index contributed by atoms with van der Waals surface area (Å²) >= 11 is 7.64. The lowest BCUT2D eigenvalue weighted by molar-refractivity contribution is -0.136. The molecule has 2 amide bonds. The minimum Gasteiger partial charge on any atom is -0.447 e. The van der Waals surface area contributed by atoms with Crippen LogP contribution in [0.1, 0.15) is 22.5 Å². The molecule has 2 aromatic rings. The summed E-state index contributed by atoms with van der Waals surface area (Å²) < 4.78 is 4.90. The van der Waals surface area contributed by atoms with E-state index in [1.54, 1.807) is 12.1 Å². The van der Waals surface area contributed by atoms with E-state index in [4.69, 9.17) is 16.3 Å². The van der Waals surface area contributed by atoms with Crippen LogP contribution in [0.4, 0.5) is 4.79 Å². The topological polar surface area (TPSA) is 66.8 Å². The summed E-state index contributed by atoms with van der Waals surface area (Å²) in [6, 6.07) is 14.7. The number of hydrogen-bond donors (Lipinski definition) is 1. The number of thioether (sulfide) groups is 1. The van der Waals surface area contributed by atoms with Crippen molar-refractivity contribution in [3.63, 3.8) is 0 Å². The van der Waals surface area contributed by atoms with Gasteiger partial charge in [-0.3, -0.25) is 4.79 Å². The molecule has 1 saturated heterocycles. The van der Waals surface area contributed by atoms with E-state index >= 15 is 0 Å². The Balaban J connectivity index is 1.78. The van der Waals surface area contributed by atoms with Crippen molar-refractivity contribution >= 4 is 35.4 Å². The lowest BCUT2D eigenvalue weighted by atomic mass is 9.87. The Labute approximate surface area is 159 Å². The van der Waals surface area contributed by atoms with Gasteiger partial charge in [0.2, 0.25) is 5.91 Å². The molecular weight excluding hydrogens is 374 g/mol. The summed E-state index contributed by atoms with van der Waals surface area (Å²) in [5.74, 6) is -1.23. The molecule has 134 valence electrons. The number of rotatable bonds is 2. The molecule has 4 rings (SSSR count). The van der Waals surface area contributed by atoms with Gasteiger partial charge in [0, 0.05) is 15.2 Å². The van der Waals surface area contributed by atoms with Gasteiger partial charge in [0.1, 0.15) is 6.61 Å². The quantitative estimate of drug-likeness (QED) is 0.845. The zero-order valence-corrected chi connectivity index (χ0v) is 15.2. The normalized spacial score (nSPS) is 24.9. The Hall–Kier alpha value is -2.02. The molecular formula is C19H16ClNO4S. The second kappa shape index (κ2) is 6.95. The molecule has 0 aromatic heterocycles. The second-order valence-electron chi connectivity index (χ2n) is 6.21. The van der Waals surface area contributed by atoms with E-state index in [-0.39, 0.29) is 18.4 Å². The summed E-state index contributed by atoms with van der Waals surface area (Å²) in [5, 5.41) is 11.2. The maximum Gasteiger partial charge on any atom is 0.416 e. The number of carbonyl (C=O) groups is 2. The van der Waals surface area contributed by atoms with Gasteiger partial charge in [0.05, 0.1) is 18.6 Å². The highest BCUT2D eigenvalue weighted by Gasteiger charge is 2.46. The Morgan fingerprint density at radius 2 is 2.04 bits per heavy atom. The minimum atomic E-state index is -1.02. The molecule has 2 aromatic carbocycles. The van der Waals surface area contributed by atoms with Crippen molar-refractivity contribution in [1.29, 1.82) is 0 Å². The lowest BCUT2D eigenvalue weighted by Crippen LogP contribution is -2.42. The molecule has 2 aliphatic heterocycles. The van der Waals surface area contributed by atoms with E-state index in [1.165, 1.54) is 11.8 Å². The second-order valence-corrected chi connectivity index (χ2v) is 7.83. The van der Waals surface area contributed by atoms with Crippen LogP contribution < -0.4 is 0 Å². The molecule has 26 heavy (non-hydrogen) atoms. The van der Waals surface area contributed by atoms with Crippen molar-refractivity contribution in [2.75, 3.05) is 13.2 Å². The number of carbonyl (C=O) groups excluding carboxylic acids is 2. The third-order valence-corrected chi connectivity index (χ3v) is 6.33. The highest BCUT2D eigenvalue weighted by molar-refractivity contribution is 7.99. The van der Waals surface area contributed by atoms with Crippen LogP contribution >= 0.6 is 23.4 Å². The number of hydrogen-bond acceptors (Lipinski definition) is 5. The van der Waals surface area contributed by atoms with Crippen LogP contribution in [0, 0.1) is 5.92 Å². The highest BCUT2D eigenvalue weighted by atomic mass is 35.5. The average molecular weight is 390 g/mol. The summed E-state index contributed by atoms with van der Waals surface area (Å²) in [7, 11) is 0. The van der Waals surface area contributed by atoms with Gasteiger partial charge >= 0.3 is 6.09 Å². The lowest BCUT2D eigenvalue weighted by Gasteiger charge is -2.36. The largest absolute Gasteiger partial charge is 0.447 e. The van der Waals surface area contributed by atoms with Gasteiger partial charge in [0.15, 0.2) is 0 Å². The number of halogens is 1. The van der Waals surface area contributed by atoms with E-state index < -0.39 is 24.0 Å². The monoisotopic (exact) mass is 389 g/mol. The fourth-order valence-electron chi connectivity index (χ4n) is 3.40. The van der Waals surface area contributed by atoms with E-state index in [1.807, 2.05) is 36.4 Å². The number of imide groups is 1. The summed E-state index contributed by atoms with van der Waals surface area (Å²) in [6.07, 6.45) is -1.67. The number of aliphatic hydroxyl groups excluding tert-OH is 1. The number of benzene rings is 2. The molecule has 0 aliphatic carbocycles. The predicted molar refractivity (Wildman–Crippen MR) is 98.0 cm³/mol. The van der Waals surface area contributed by atoms with Gasteiger partial charge in [-0.25, -0.2) is 9.69 Å². The Kier molecular flexibility index (Phi) is 4.65. The summed E-state index contributed by atoms with van der Waals surface area (Å²) in [5.41, 5.74) is 1.53. The maximum atomic E-state index is 13.1. The standard InChI is InChI=1S/C19H16ClNO4S/c20-12-5-3-4-11(10-12)17-15(18(23)21-8-9-25-19(21)24)16(22)13-6-1-2-7-14(13)26-17/h1-7,10,15-17,22H,8-9H2/t15-,16+,17+/m1/s1.